The van der Waals surface area contributed by atoms with Gasteiger partial charge in [0.1, 0.15) is 17.5 Å². The fraction of sp³-hybridized carbons (Fsp3) is 0.296. The first-order valence-electron chi connectivity index (χ1n) is 12.4. The standard InChI is InChI=1S/C27H24F2N6O2/c28-16-1-6-22(29)21(10-16)26-20-9-15(20)12-34(26)25-8-7-24-30-11-23(35(24)33-25)27(36)32-18-4-2-17(3-5-18)31-19-13-37-14-19/h1-8,10-11,15,19-20,26,31H,9,12-14H2,(H,32,36)/t15?,20?,26-/m1/s1. The zero-order valence-electron chi connectivity index (χ0n) is 19.8. The number of aromatic nitrogens is 3. The van der Waals surface area contributed by atoms with Crippen molar-refractivity contribution >= 4 is 28.7 Å². The van der Waals surface area contributed by atoms with Gasteiger partial charge < -0.3 is 20.3 Å². The Morgan fingerprint density at radius 1 is 1.03 bits per heavy atom. The van der Waals surface area contributed by atoms with Crippen LogP contribution in [0.1, 0.15) is 28.5 Å². The third-order valence-corrected chi connectivity index (χ3v) is 7.45. The molecule has 2 N–H and O–H groups in total. The molecule has 1 saturated carbocycles. The van der Waals surface area contributed by atoms with Crippen LogP contribution in [0.4, 0.5) is 26.0 Å². The first kappa shape index (κ1) is 22.2. The molecule has 7 rings (SSSR count). The number of amides is 1. The zero-order valence-corrected chi connectivity index (χ0v) is 19.8. The van der Waals surface area contributed by atoms with Gasteiger partial charge in [-0.25, -0.2) is 18.3 Å². The van der Waals surface area contributed by atoms with E-state index in [1.54, 1.807) is 6.07 Å². The number of carbonyl (C=O) groups excluding carboxylic acids is 1. The average Bonchev–Trinajstić information content (AvgIpc) is 3.34. The number of piperidine rings is 1. The molecule has 1 aliphatic carbocycles. The van der Waals surface area contributed by atoms with Crippen LogP contribution in [-0.2, 0) is 4.74 Å². The minimum Gasteiger partial charge on any atom is -0.378 e. The van der Waals surface area contributed by atoms with E-state index in [4.69, 9.17) is 9.84 Å². The largest absolute Gasteiger partial charge is 0.378 e. The Morgan fingerprint density at radius 3 is 2.62 bits per heavy atom. The summed E-state index contributed by atoms with van der Waals surface area (Å²) in [6.45, 7) is 2.09. The summed E-state index contributed by atoms with van der Waals surface area (Å²) < 4.78 is 35.4. The fourth-order valence-corrected chi connectivity index (χ4v) is 5.41. The van der Waals surface area contributed by atoms with Gasteiger partial charge in [0, 0.05) is 23.5 Å². The predicted molar refractivity (Wildman–Crippen MR) is 134 cm³/mol. The maximum absolute atomic E-state index is 14.7. The maximum atomic E-state index is 14.7. The number of carbonyl (C=O) groups is 1. The molecule has 0 radical (unpaired) electrons. The lowest BCUT2D eigenvalue weighted by Gasteiger charge is -2.29. The maximum Gasteiger partial charge on any atom is 0.276 e. The van der Waals surface area contributed by atoms with Gasteiger partial charge in [0.05, 0.1) is 31.5 Å². The number of anilines is 3. The molecule has 2 saturated heterocycles. The van der Waals surface area contributed by atoms with Crippen LogP contribution >= 0.6 is 0 Å². The Bertz CT molecular complexity index is 1500. The third-order valence-electron chi connectivity index (χ3n) is 7.45. The van der Waals surface area contributed by atoms with Crippen molar-refractivity contribution in [3.63, 3.8) is 0 Å². The Kier molecular flexibility index (Phi) is 5.10. The molecule has 4 heterocycles. The van der Waals surface area contributed by atoms with Crippen LogP contribution in [0.25, 0.3) is 5.65 Å². The van der Waals surface area contributed by atoms with Gasteiger partial charge in [0.25, 0.3) is 5.91 Å². The van der Waals surface area contributed by atoms with Gasteiger partial charge in [0.15, 0.2) is 11.3 Å². The highest BCUT2D eigenvalue weighted by Crippen LogP contribution is 2.57. The van der Waals surface area contributed by atoms with Crippen molar-refractivity contribution in [3.8, 4) is 0 Å². The summed E-state index contributed by atoms with van der Waals surface area (Å²) >= 11 is 0. The van der Waals surface area contributed by atoms with Gasteiger partial charge in [-0.3, -0.25) is 4.79 Å². The first-order valence-corrected chi connectivity index (χ1v) is 12.4. The second kappa shape index (κ2) is 8.52. The lowest BCUT2D eigenvalue weighted by atomic mass is 10.0. The number of halogens is 2. The highest BCUT2D eigenvalue weighted by Gasteiger charge is 2.54. The summed E-state index contributed by atoms with van der Waals surface area (Å²) in [5.74, 6) is 0.0463. The smallest absolute Gasteiger partial charge is 0.276 e. The summed E-state index contributed by atoms with van der Waals surface area (Å²) in [7, 11) is 0. The minimum absolute atomic E-state index is 0.258. The van der Waals surface area contributed by atoms with E-state index in [1.165, 1.54) is 22.8 Å². The second-order valence-electron chi connectivity index (χ2n) is 9.94. The molecule has 3 aliphatic rings. The number of hydrogen-bond acceptors (Lipinski definition) is 6. The van der Waals surface area contributed by atoms with E-state index in [2.05, 4.69) is 15.6 Å². The summed E-state index contributed by atoms with van der Waals surface area (Å²) in [5.41, 5.74) is 2.75. The molecule has 188 valence electrons. The summed E-state index contributed by atoms with van der Waals surface area (Å²) in [5, 5.41) is 11.0. The molecule has 1 amide bonds. The molecule has 2 aromatic carbocycles. The second-order valence-corrected chi connectivity index (χ2v) is 9.94. The summed E-state index contributed by atoms with van der Waals surface area (Å²) in [4.78, 5) is 19.5. The Morgan fingerprint density at radius 2 is 1.84 bits per heavy atom. The fourth-order valence-electron chi connectivity index (χ4n) is 5.41. The van der Waals surface area contributed by atoms with E-state index < -0.39 is 11.6 Å². The third kappa shape index (κ3) is 3.97. The molecular weight excluding hydrogens is 478 g/mol. The van der Waals surface area contributed by atoms with Crippen LogP contribution in [0.3, 0.4) is 0 Å². The van der Waals surface area contributed by atoms with Crippen LogP contribution in [0.5, 0.6) is 0 Å². The molecule has 2 unspecified atom stereocenters. The van der Waals surface area contributed by atoms with Crippen LogP contribution in [0.2, 0.25) is 0 Å². The monoisotopic (exact) mass is 502 g/mol. The molecule has 4 aromatic rings. The Labute approximate surface area is 211 Å². The average molecular weight is 503 g/mol. The number of benzene rings is 2. The number of imidazole rings is 1. The number of ether oxygens (including phenoxy) is 1. The van der Waals surface area contributed by atoms with Gasteiger partial charge in [0.2, 0.25) is 0 Å². The van der Waals surface area contributed by atoms with E-state index in [0.29, 0.717) is 54.4 Å². The van der Waals surface area contributed by atoms with Gasteiger partial charge in [-0.15, -0.1) is 5.10 Å². The summed E-state index contributed by atoms with van der Waals surface area (Å²) in [6, 6.07) is 14.7. The van der Waals surface area contributed by atoms with Crippen LogP contribution in [-0.4, -0.2) is 46.3 Å². The van der Waals surface area contributed by atoms with Gasteiger partial charge in [-0.1, -0.05) is 0 Å². The number of hydrogen-bond donors (Lipinski definition) is 2. The summed E-state index contributed by atoms with van der Waals surface area (Å²) in [6.07, 6.45) is 2.47. The number of nitrogens with zero attached hydrogens (tertiary/aromatic N) is 4. The van der Waals surface area contributed by atoms with E-state index in [0.717, 1.165) is 18.2 Å². The van der Waals surface area contributed by atoms with E-state index in [-0.39, 0.29) is 23.6 Å². The van der Waals surface area contributed by atoms with E-state index >= 15 is 0 Å². The quantitative estimate of drug-likeness (QED) is 0.410. The van der Waals surface area contributed by atoms with Crippen molar-refractivity contribution in [3.05, 3.63) is 83.7 Å². The lowest BCUT2D eigenvalue weighted by molar-refractivity contribution is 0.0211. The molecule has 3 atom stereocenters. The topological polar surface area (TPSA) is 83.8 Å². The first-order chi connectivity index (χ1) is 18.0. The minimum atomic E-state index is -0.460. The van der Waals surface area contributed by atoms with Crippen molar-refractivity contribution in [1.29, 1.82) is 0 Å². The predicted octanol–water partition coefficient (Wildman–Crippen LogP) is 4.27. The number of rotatable bonds is 6. The molecule has 37 heavy (non-hydrogen) atoms. The number of fused-ring (bicyclic) bond motifs is 2. The van der Waals surface area contributed by atoms with Gasteiger partial charge in [-0.05, 0) is 72.9 Å². The SMILES string of the molecule is O=C(Nc1ccc(NC2COC2)cc1)c1cnc2ccc(N3CC4CC4[C@@H]3c3cc(F)ccc3F)nn12. The number of nitrogens with one attached hydrogen (secondary N) is 2. The molecule has 8 nitrogen and oxygen atoms in total. The normalized spacial score (nSPS) is 22.5. The molecule has 2 aromatic heterocycles. The Hall–Kier alpha value is -4.05. The molecule has 3 fully saturated rings. The Balaban J connectivity index is 1.14. The molecular formula is C27H24F2N6O2. The highest BCUT2D eigenvalue weighted by molar-refractivity contribution is 6.03. The van der Waals surface area contributed by atoms with Gasteiger partial charge in [-0.2, -0.15) is 0 Å². The lowest BCUT2D eigenvalue weighted by Crippen LogP contribution is -2.40. The van der Waals surface area contributed by atoms with Crippen molar-refractivity contribution < 1.29 is 18.3 Å². The van der Waals surface area contributed by atoms with Gasteiger partial charge >= 0.3 is 0 Å². The zero-order chi connectivity index (χ0) is 25.1. The van der Waals surface area contributed by atoms with E-state index in [1.807, 2.05) is 35.2 Å². The van der Waals surface area contributed by atoms with Crippen molar-refractivity contribution in [2.75, 3.05) is 35.3 Å². The van der Waals surface area contributed by atoms with Crippen LogP contribution < -0.4 is 15.5 Å². The van der Waals surface area contributed by atoms with E-state index in [9.17, 15) is 13.6 Å². The van der Waals surface area contributed by atoms with Crippen molar-refractivity contribution in [2.24, 2.45) is 11.8 Å². The molecule has 0 bridgehead atoms. The van der Waals surface area contributed by atoms with Crippen molar-refractivity contribution in [2.45, 2.75) is 18.5 Å². The molecule has 2 aliphatic heterocycles. The van der Waals surface area contributed by atoms with Crippen LogP contribution in [0, 0.1) is 23.5 Å². The van der Waals surface area contributed by atoms with Crippen molar-refractivity contribution in [1.82, 2.24) is 14.6 Å². The van der Waals surface area contributed by atoms with Crippen LogP contribution in [0.15, 0.2) is 60.8 Å². The highest BCUT2D eigenvalue weighted by atomic mass is 19.1. The molecule has 10 heteroatoms. The molecule has 0 spiro atoms.